The molecule has 0 aliphatic carbocycles. The third-order valence-electron chi connectivity index (χ3n) is 2.63. The van der Waals surface area contributed by atoms with E-state index in [-0.39, 0.29) is 5.69 Å². The van der Waals surface area contributed by atoms with E-state index < -0.39 is 5.97 Å². The summed E-state index contributed by atoms with van der Waals surface area (Å²) in [5.41, 5.74) is 0.123. The Morgan fingerprint density at radius 1 is 1.27 bits per heavy atom. The van der Waals surface area contributed by atoms with E-state index in [2.05, 4.69) is 9.88 Å². The fraction of sp³-hybridized carbons (Fsp3) is 0.455. The lowest BCUT2D eigenvalue weighted by atomic mass is 10.1. The highest BCUT2D eigenvalue weighted by Gasteiger charge is 2.13. The molecule has 0 unspecified atom stereocenters. The topological polar surface area (TPSA) is 53.4 Å². The largest absolute Gasteiger partial charge is 0.477 e. The zero-order valence-electron chi connectivity index (χ0n) is 8.52. The molecule has 0 atom stereocenters. The molecule has 0 amide bonds. The molecule has 0 spiro atoms. The summed E-state index contributed by atoms with van der Waals surface area (Å²) >= 11 is 0. The zero-order valence-corrected chi connectivity index (χ0v) is 8.52. The Hall–Kier alpha value is -1.58. The van der Waals surface area contributed by atoms with Crippen LogP contribution in [-0.2, 0) is 0 Å². The molecule has 4 heteroatoms. The van der Waals surface area contributed by atoms with Gasteiger partial charge in [0.05, 0.1) is 0 Å². The first kappa shape index (κ1) is 9.96. The maximum absolute atomic E-state index is 10.8. The SMILES string of the molecule is O=C(O)c1cccc(N2CCCCC2)n1. The first-order valence-corrected chi connectivity index (χ1v) is 5.23. The van der Waals surface area contributed by atoms with Gasteiger partial charge in [-0.2, -0.15) is 0 Å². The summed E-state index contributed by atoms with van der Waals surface area (Å²) in [6.45, 7) is 1.96. The third-order valence-corrected chi connectivity index (χ3v) is 2.63. The van der Waals surface area contributed by atoms with E-state index in [9.17, 15) is 4.79 Å². The Labute approximate surface area is 88.6 Å². The first-order valence-electron chi connectivity index (χ1n) is 5.23. The minimum Gasteiger partial charge on any atom is -0.477 e. The molecule has 1 aromatic heterocycles. The van der Waals surface area contributed by atoms with Crippen LogP contribution in [0.3, 0.4) is 0 Å². The minimum atomic E-state index is -0.964. The predicted octanol–water partition coefficient (Wildman–Crippen LogP) is 1.77. The quantitative estimate of drug-likeness (QED) is 0.801. The Morgan fingerprint density at radius 2 is 2.00 bits per heavy atom. The molecule has 0 saturated carbocycles. The van der Waals surface area contributed by atoms with Crippen molar-refractivity contribution in [3.8, 4) is 0 Å². The minimum absolute atomic E-state index is 0.123. The molecule has 0 radical (unpaired) electrons. The van der Waals surface area contributed by atoms with E-state index in [0.717, 1.165) is 18.9 Å². The van der Waals surface area contributed by atoms with Crippen molar-refractivity contribution in [3.05, 3.63) is 23.9 Å². The van der Waals surface area contributed by atoms with Gasteiger partial charge in [-0.1, -0.05) is 6.07 Å². The Balaban J connectivity index is 2.19. The van der Waals surface area contributed by atoms with Crippen LogP contribution in [0.4, 0.5) is 5.82 Å². The molecule has 0 bridgehead atoms. The Morgan fingerprint density at radius 3 is 2.67 bits per heavy atom. The fourth-order valence-electron chi connectivity index (χ4n) is 1.84. The van der Waals surface area contributed by atoms with E-state index in [1.165, 1.54) is 25.3 Å². The van der Waals surface area contributed by atoms with Gasteiger partial charge in [-0.3, -0.25) is 0 Å². The van der Waals surface area contributed by atoms with Crippen LogP contribution < -0.4 is 4.90 Å². The van der Waals surface area contributed by atoms with E-state index in [1.54, 1.807) is 6.07 Å². The molecule has 1 aliphatic rings. The van der Waals surface area contributed by atoms with Gasteiger partial charge in [0.15, 0.2) is 5.69 Å². The van der Waals surface area contributed by atoms with Crippen molar-refractivity contribution in [2.24, 2.45) is 0 Å². The number of anilines is 1. The number of carbonyl (C=O) groups is 1. The molecule has 1 aliphatic heterocycles. The molecule has 2 rings (SSSR count). The molecule has 1 saturated heterocycles. The fourth-order valence-corrected chi connectivity index (χ4v) is 1.84. The van der Waals surface area contributed by atoms with Crippen molar-refractivity contribution in [1.82, 2.24) is 4.98 Å². The molecule has 15 heavy (non-hydrogen) atoms. The lowest BCUT2D eigenvalue weighted by Gasteiger charge is -2.27. The molecule has 1 N–H and O–H groups in total. The molecule has 1 fully saturated rings. The second-order valence-corrected chi connectivity index (χ2v) is 3.73. The van der Waals surface area contributed by atoms with Crippen molar-refractivity contribution in [1.29, 1.82) is 0 Å². The van der Waals surface area contributed by atoms with Gasteiger partial charge in [0.25, 0.3) is 0 Å². The first-order chi connectivity index (χ1) is 7.27. The van der Waals surface area contributed by atoms with E-state index in [0.29, 0.717) is 0 Å². The van der Waals surface area contributed by atoms with Crippen molar-refractivity contribution >= 4 is 11.8 Å². The van der Waals surface area contributed by atoms with Crippen LogP contribution in [0.5, 0.6) is 0 Å². The van der Waals surface area contributed by atoms with Crippen molar-refractivity contribution in [2.75, 3.05) is 18.0 Å². The average molecular weight is 206 g/mol. The van der Waals surface area contributed by atoms with Crippen LogP contribution in [0.1, 0.15) is 29.8 Å². The monoisotopic (exact) mass is 206 g/mol. The summed E-state index contributed by atoms with van der Waals surface area (Å²) in [5, 5.41) is 8.83. The summed E-state index contributed by atoms with van der Waals surface area (Å²) in [6.07, 6.45) is 3.59. The van der Waals surface area contributed by atoms with Crippen LogP contribution in [0.15, 0.2) is 18.2 Å². The number of rotatable bonds is 2. The highest BCUT2D eigenvalue weighted by Crippen LogP contribution is 2.17. The summed E-state index contributed by atoms with van der Waals surface area (Å²) in [4.78, 5) is 17.0. The zero-order chi connectivity index (χ0) is 10.7. The molecule has 80 valence electrons. The highest BCUT2D eigenvalue weighted by molar-refractivity contribution is 5.85. The number of nitrogens with zero attached hydrogens (tertiary/aromatic N) is 2. The molecular weight excluding hydrogens is 192 g/mol. The Bertz CT molecular complexity index is 359. The summed E-state index contributed by atoms with van der Waals surface area (Å²) in [7, 11) is 0. The van der Waals surface area contributed by atoms with Gasteiger partial charge < -0.3 is 10.0 Å². The van der Waals surface area contributed by atoms with Gasteiger partial charge in [-0.15, -0.1) is 0 Å². The number of carboxylic acid groups (broad SMARTS) is 1. The Kier molecular flexibility index (Phi) is 2.85. The second kappa shape index (κ2) is 4.29. The number of piperidine rings is 1. The summed E-state index contributed by atoms with van der Waals surface area (Å²) in [5.74, 6) is -0.177. The number of aromatic carboxylic acids is 1. The number of pyridine rings is 1. The summed E-state index contributed by atoms with van der Waals surface area (Å²) in [6, 6.07) is 5.15. The van der Waals surface area contributed by atoms with Crippen LogP contribution in [0.2, 0.25) is 0 Å². The summed E-state index contributed by atoms with van der Waals surface area (Å²) < 4.78 is 0. The highest BCUT2D eigenvalue weighted by atomic mass is 16.4. The van der Waals surface area contributed by atoms with Gasteiger partial charge >= 0.3 is 5.97 Å². The molecule has 1 aromatic rings. The van der Waals surface area contributed by atoms with E-state index in [4.69, 9.17) is 5.11 Å². The predicted molar refractivity (Wildman–Crippen MR) is 57.3 cm³/mol. The maximum atomic E-state index is 10.8. The van der Waals surface area contributed by atoms with Crippen LogP contribution in [0, 0.1) is 0 Å². The molecular formula is C11H14N2O2. The number of hydrogen-bond acceptors (Lipinski definition) is 3. The third kappa shape index (κ3) is 2.26. The molecule has 2 heterocycles. The van der Waals surface area contributed by atoms with Crippen LogP contribution >= 0.6 is 0 Å². The van der Waals surface area contributed by atoms with E-state index >= 15 is 0 Å². The molecule has 0 aromatic carbocycles. The van der Waals surface area contributed by atoms with Crippen molar-refractivity contribution in [3.63, 3.8) is 0 Å². The smallest absolute Gasteiger partial charge is 0.354 e. The number of aromatic nitrogens is 1. The molecule has 4 nitrogen and oxygen atoms in total. The number of carboxylic acids is 1. The average Bonchev–Trinajstić information content (AvgIpc) is 2.30. The van der Waals surface area contributed by atoms with Gasteiger partial charge in [-0.25, -0.2) is 9.78 Å². The normalized spacial score (nSPS) is 16.4. The van der Waals surface area contributed by atoms with Gasteiger partial charge in [-0.05, 0) is 31.4 Å². The van der Waals surface area contributed by atoms with Crippen molar-refractivity contribution < 1.29 is 9.90 Å². The van der Waals surface area contributed by atoms with Crippen LogP contribution in [-0.4, -0.2) is 29.1 Å². The maximum Gasteiger partial charge on any atom is 0.354 e. The van der Waals surface area contributed by atoms with E-state index in [1.807, 2.05) is 6.07 Å². The lowest BCUT2D eigenvalue weighted by Crippen LogP contribution is -2.30. The van der Waals surface area contributed by atoms with Gasteiger partial charge in [0.1, 0.15) is 5.82 Å². The van der Waals surface area contributed by atoms with Crippen LogP contribution in [0.25, 0.3) is 0 Å². The lowest BCUT2D eigenvalue weighted by molar-refractivity contribution is 0.0690. The number of hydrogen-bond donors (Lipinski definition) is 1. The van der Waals surface area contributed by atoms with Crippen molar-refractivity contribution in [2.45, 2.75) is 19.3 Å². The van der Waals surface area contributed by atoms with Gasteiger partial charge in [0, 0.05) is 13.1 Å². The standard InChI is InChI=1S/C11H14N2O2/c14-11(15)9-5-4-6-10(12-9)13-7-2-1-3-8-13/h4-6H,1-3,7-8H2,(H,14,15). The van der Waals surface area contributed by atoms with Gasteiger partial charge in [0.2, 0.25) is 0 Å². The second-order valence-electron chi connectivity index (χ2n) is 3.73.